The molecule has 6 heteroatoms. The number of fused-ring (bicyclic) bond motifs is 2. The maximum absolute atomic E-state index is 11.9. The number of nitrogens with zero attached hydrogens (tertiary/aromatic N) is 4. The summed E-state index contributed by atoms with van der Waals surface area (Å²) in [6.45, 7) is 2.02. The number of benzene rings is 1. The zero-order valence-electron chi connectivity index (χ0n) is 12.9. The van der Waals surface area contributed by atoms with E-state index >= 15 is 0 Å². The van der Waals surface area contributed by atoms with E-state index in [4.69, 9.17) is 0 Å². The predicted molar refractivity (Wildman–Crippen MR) is 87.8 cm³/mol. The van der Waals surface area contributed by atoms with Gasteiger partial charge in [0.1, 0.15) is 0 Å². The fourth-order valence-electron chi connectivity index (χ4n) is 3.13. The molecule has 2 amide bonds. The smallest absolute Gasteiger partial charge is 0.317 e. The first-order valence-corrected chi connectivity index (χ1v) is 7.61. The third kappa shape index (κ3) is 2.23. The van der Waals surface area contributed by atoms with Crippen molar-refractivity contribution in [2.24, 2.45) is 0 Å². The van der Waals surface area contributed by atoms with Crippen LogP contribution in [0.2, 0.25) is 0 Å². The lowest BCUT2D eigenvalue weighted by Crippen LogP contribution is -2.42. The van der Waals surface area contributed by atoms with Crippen molar-refractivity contribution in [1.29, 1.82) is 0 Å². The first kappa shape index (κ1) is 13.8. The Morgan fingerprint density at radius 2 is 2.17 bits per heavy atom. The molecule has 116 valence electrons. The van der Waals surface area contributed by atoms with Crippen LogP contribution in [-0.4, -0.2) is 39.1 Å². The van der Waals surface area contributed by atoms with E-state index in [1.165, 1.54) is 0 Å². The van der Waals surface area contributed by atoms with E-state index in [1.54, 1.807) is 13.2 Å². The van der Waals surface area contributed by atoms with Gasteiger partial charge < -0.3 is 14.8 Å². The number of hydrogen-bond donors (Lipinski definition) is 1. The monoisotopic (exact) mass is 307 g/mol. The molecule has 3 aromatic rings. The number of aromatic nitrogens is 3. The van der Waals surface area contributed by atoms with Gasteiger partial charge in [0, 0.05) is 43.5 Å². The van der Waals surface area contributed by atoms with Crippen LogP contribution in [0.3, 0.4) is 0 Å². The molecule has 0 aliphatic carbocycles. The summed E-state index contributed by atoms with van der Waals surface area (Å²) < 4.78 is 2.13. The van der Waals surface area contributed by atoms with Crippen LogP contribution in [0.25, 0.3) is 22.0 Å². The second kappa shape index (κ2) is 5.39. The quantitative estimate of drug-likeness (QED) is 0.750. The Kier molecular flexibility index (Phi) is 3.22. The molecule has 2 aromatic heterocycles. The van der Waals surface area contributed by atoms with Crippen molar-refractivity contribution in [3.05, 3.63) is 48.7 Å². The van der Waals surface area contributed by atoms with Crippen molar-refractivity contribution in [2.75, 3.05) is 13.6 Å². The molecule has 1 aromatic carbocycles. The Balaban J connectivity index is 1.82. The van der Waals surface area contributed by atoms with Gasteiger partial charge in [0.15, 0.2) is 0 Å². The molecule has 0 saturated heterocycles. The van der Waals surface area contributed by atoms with E-state index in [1.807, 2.05) is 29.6 Å². The first-order valence-electron chi connectivity index (χ1n) is 7.61. The van der Waals surface area contributed by atoms with Crippen LogP contribution in [0, 0.1) is 0 Å². The maximum Gasteiger partial charge on any atom is 0.317 e. The average Bonchev–Trinajstić information content (AvgIpc) is 3.03. The van der Waals surface area contributed by atoms with Gasteiger partial charge in [-0.25, -0.2) is 9.78 Å². The molecule has 0 radical (unpaired) electrons. The minimum absolute atomic E-state index is 0.0528. The molecule has 0 spiro atoms. The second-order valence-corrected chi connectivity index (χ2v) is 5.61. The summed E-state index contributed by atoms with van der Waals surface area (Å²) >= 11 is 0. The van der Waals surface area contributed by atoms with Crippen LogP contribution in [0.15, 0.2) is 43.0 Å². The standard InChI is InChI=1S/C17H17N5O/c1-18-17(23)21-7-8-22-11-20-16(15(22)10-21)13-4-2-3-12-5-6-19-9-14(12)13/h2-6,9,11H,7-8,10H2,1H3,(H,18,23). The number of hydrogen-bond acceptors (Lipinski definition) is 3. The van der Waals surface area contributed by atoms with Crippen molar-refractivity contribution >= 4 is 16.8 Å². The van der Waals surface area contributed by atoms with E-state index in [0.717, 1.165) is 34.3 Å². The van der Waals surface area contributed by atoms with Crippen molar-refractivity contribution in [3.63, 3.8) is 0 Å². The van der Waals surface area contributed by atoms with Gasteiger partial charge in [-0.2, -0.15) is 0 Å². The number of rotatable bonds is 1. The SMILES string of the molecule is CNC(=O)N1CCn2cnc(-c3cccc4ccncc34)c2C1. The van der Waals surface area contributed by atoms with Gasteiger partial charge in [0.2, 0.25) is 0 Å². The predicted octanol–water partition coefficient (Wildman–Crippen LogP) is 2.25. The van der Waals surface area contributed by atoms with Crippen molar-refractivity contribution in [1.82, 2.24) is 24.8 Å². The lowest BCUT2D eigenvalue weighted by molar-refractivity contribution is 0.186. The Bertz CT molecular complexity index is 880. The summed E-state index contributed by atoms with van der Waals surface area (Å²) in [6, 6.07) is 8.11. The van der Waals surface area contributed by atoms with Gasteiger partial charge in [-0.15, -0.1) is 0 Å². The highest BCUT2D eigenvalue weighted by molar-refractivity contribution is 5.95. The Hall–Kier alpha value is -2.89. The number of carbonyl (C=O) groups is 1. The zero-order valence-corrected chi connectivity index (χ0v) is 12.9. The van der Waals surface area contributed by atoms with E-state index in [-0.39, 0.29) is 6.03 Å². The first-order chi connectivity index (χ1) is 11.3. The molecule has 0 unspecified atom stereocenters. The maximum atomic E-state index is 11.9. The van der Waals surface area contributed by atoms with Gasteiger partial charge in [0.25, 0.3) is 0 Å². The van der Waals surface area contributed by atoms with Crippen LogP contribution >= 0.6 is 0 Å². The normalized spacial score (nSPS) is 13.9. The van der Waals surface area contributed by atoms with Crippen LogP contribution in [0.4, 0.5) is 4.79 Å². The molecule has 23 heavy (non-hydrogen) atoms. The third-order valence-corrected chi connectivity index (χ3v) is 4.34. The van der Waals surface area contributed by atoms with E-state index in [0.29, 0.717) is 13.1 Å². The van der Waals surface area contributed by atoms with Crippen LogP contribution in [0.5, 0.6) is 0 Å². The van der Waals surface area contributed by atoms with Gasteiger partial charge in [-0.05, 0) is 11.5 Å². The number of amides is 2. The molecule has 4 rings (SSSR count). The molecular weight excluding hydrogens is 290 g/mol. The molecule has 1 aliphatic heterocycles. The number of pyridine rings is 1. The molecule has 1 aliphatic rings. The highest BCUT2D eigenvalue weighted by atomic mass is 16.2. The third-order valence-electron chi connectivity index (χ3n) is 4.34. The Labute approximate surface area is 133 Å². The summed E-state index contributed by atoms with van der Waals surface area (Å²) in [5.74, 6) is 0. The number of imidazole rings is 1. The molecule has 3 heterocycles. The molecule has 6 nitrogen and oxygen atoms in total. The highest BCUT2D eigenvalue weighted by Crippen LogP contribution is 2.31. The molecule has 0 atom stereocenters. The summed E-state index contributed by atoms with van der Waals surface area (Å²) in [7, 11) is 1.66. The summed E-state index contributed by atoms with van der Waals surface area (Å²) in [5.41, 5.74) is 3.05. The largest absolute Gasteiger partial charge is 0.341 e. The van der Waals surface area contributed by atoms with Gasteiger partial charge in [0.05, 0.1) is 24.3 Å². The number of nitrogens with one attached hydrogen (secondary N) is 1. The van der Waals surface area contributed by atoms with E-state index in [9.17, 15) is 4.79 Å². The topological polar surface area (TPSA) is 63.1 Å². The minimum atomic E-state index is -0.0528. The van der Waals surface area contributed by atoms with Crippen LogP contribution in [-0.2, 0) is 13.1 Å². The fraction of sp³-hybridized carbons (Fsp3) is 0.235. The second-order valence-electron chi connectivity index (χ2n) is 5.61. The molecular formula is C17H17N5O. The Morgan fingerprint density at radius 3 is 3.04 bits per heavy atom. The average molecular weight is 307 g/mol. The Morgan fingerprint density at radius 1 is 1.26 bits per heavy atom. The summed E-state index contributed by atoms with van der Waals surface area (Å²) in [5, 5.41) is 4.91. The molecule has 0 saturated carbocycles. The minimum Gasteiger partial charge on any atom is -0.341 e. The lowest BCUT2D eigenvalue weighted by Gasteiger charge is -2.28. The summed E-state index contributed by atoms with van der Waals surface area (Å²) in [6.07, 6.45) is 5.53. The highest BCUT2D eigenvalue weighted by Gasteiger charge is 2.24. The van der Waals surface area contributed by atoms with E-state index < -0.39 is 0 Å². The molecule has 0 bridgehead atoms. The zero-order chi connectivity index (χ0) is 15.8. The molecule has 0 fully saturated rings. The fourth-order valence-corrected chi connectivity index (χ4v) is 3.13. The van der Waals surface area contributed by atoms with Crippen molar-refractivity contribution < 1.29 is 4.79 Å². The van der Waals surface area contributed by atoms with Crippen molar-refractivity contribution in [2.45, 2.75) is 13.1 Å². The lowest BCUT2D eigenvalue weighted by atomic mass is 10.0. The number of carbonyl (C=O) groups excluding carboxylic acids is 1. The molecule has 1 N–H and O–H groups in total. The van der Waals surface area contributed by atoms with Gasteiger partial charge in [-0.3, -0.25) is 4.98 Å². The van der Waals surface area contributed by atoms with Crippen LogP contribution in [0.1, 0.15) is 5.69 Å². The number of urea groups is 1. The van der Waals surface area contributed by atoms with Gasteiger partial charge >= 0.3 is 6.03 Å². The van der Waals surface area contributed by atoms with E-state index in [2.05, 4.69) is 32.0 Å². The van der Waals surface area contributed by atoms with Crippen molar-refractivity contribution in [3.8, 4) is 11.3 Å². The summed E-state index contributed by atoms with van der Waals surface area (Å²) in [4.78, 5) is 22.6. The van der Waals surface area contributed by atoms with Crippen LogP contribution < -0.4 is 5.32 Å². The van der Waals surface area contributed by atoms with Gasteiger partial charge in [-0.1, -0.05) is 18.2 Å².